The Hall–Kier alpha value is 0.130. The highest BCUT2D eigenvalue weighted by Gasteiger charge is 2.26. The number of carbonyl (C=O) groups excluding carboxylic acids is 1. The van der Waals surface area contributed by atoms with Crippen LogP contribution in [0.2, 0.25) is 0 Å². The van der Waals surface area contributed by atoms with Gasteiger partial charge in [-0.1, -0.05) is 44.7 Å². The van der Waals surface area contributed by atoms with E-state index in [4.69, 9.17) is 0 Å². The summed E-state index contributed by atoms with van der Waals surface area (Å²) in [4.78, 5) is 12.4. The van der Waals surface area contributed by atoms with Gasteiger partial charge in [-0.3, -0.25) is 4.79 Å². The molecule has 2 rings (SSSR count). The first-order valence-electron chi connectivity index (χ1n) is 6.43. The van der Waals surface area contributed by atoms with Crippen LogP contribution in [0.3, 0.4) is 0 Å². The number of nitrogens with one attached hydrogen (secondary N) is 1. The van der Waals surface area contributed by atoms with Crippen LogP contribution in [0.15, 0.2) is 27.1 Å². The summed E-state index contributed by atoms with van der Waals surface area (Å²) in [5.74, 6) is 0.551. The number of carbonyl (C=O) groups is 1. The van der Waals surface area contributed by atoms with E-state index in [9.17, 15) is 4.79 Å². The van der Waals surface area contributed by atoms with Gasteiger partial charge in [0.15, 0.2) is 0 Å². The van der Waals surface area contributed by atoms with Gasteiger partial charge in [0.25, 0.3) is 5.91 Å². The topological polar surface area (TPSA) is 29.1 Å². The fraction of sp³-hybridized carbons (Fsp3) is 0.500. The molecule has 1 fully saturated rings. The molecule has 1 aromatic carbocycles. The lowest BCUT2D eigenvalue weighted by Crippen LogP contribution is -2.42. The highest BCUT2D eigenvalue weighted by Crippen LogP contribution is 2.27. The van der Waals surface area contributed by atoms with Crippen LogP contribution in [-0.4, -0.2) is 17.3 Å². The number of amides is 1. The van der Waals surface area contributed by atoms with Crippen molar-refractivity contribution in [3.63, 3.8) is 0 Å². The van der Waals surface area contributed by atoms with Crippen LogP contribution in [0.1, 0.15) is 36.0 Å². The van der Waals surface area contributed by atoms with E-state index < -0.39 is 0 Å². The summed E-state index contributed by atoms with van der Waals surface area (Å²) in [6.07, 6.45) is 4.74. The smallest absolute Gasteiger partial charge is 0.252 e. The summed E-state index contributed by atoms with van der Waals surface area (Å²) < 4.78 is 1.75. The van der Waals surface area contributed by atoms with E-state index in [-0.39, 0.29) is 11.9 Å². The Morgan fingerprint density at radius 2 is 2.00 bits per heavy atom. The van der Waals surface area contributed by atoms with Crippen LogP contribution in [0.5, 0.6) is 0 Å². The summed E-state index contributed by atoms with van der Waals surface area (Å²) >= 11 is 10.4. The van der Waals surface area contributed by atoms with Crippen LogP contribution >= 0.6 is 47.8 Å². The predicted molar refractivity (Wildman–Crippen MR) is 88.8 cm³/mol. The molecule has 1 aliphatic rings. The van der Waals surface area contributed by atoms with Gasteiger partial charge < -0.3 is 5.32 Å². The third kappa shape index (κ3) is 4.05. The fourth-order valence-corrected chi connectivity index (χ4v) is 4.06. The molecule has 0 saturated heterocycles. The highest BCUT2D eigenvalue weighted by molar-refractivity contribution is 9.11. The van der Waals surface area contributed by atoms with Crippen LogP contribution in [0.25, 0.3) is 0 Å². The van der Waals surface area contributed by atoms with E-state index in [0.29, 0.717) is 11.5 Å². The van der Waals surface area contributed by atoms with Crippen molar-refractivity contribution >= 4 is 53.7 Å². The minimum absolute atomic E-state index is 0.00558. The maximum Gasteiger partial charge on any atom is 0.252 e. The first-order chi connectivity index (χ1) is 9.11. The van der Waals surface area contributed by atoms with Crippen LogP contribution in [-0.2, 0) is 0 Å². The highest BCUT2D eigenvalue weighted by atomic mass is 79.9. The number of halogens is 3. The second-order valence-corrected chi connectivity index (χ2v) is 7.32. The van der Waals surface area contributed by atoms with E-state index in [1.54, 1.807) is 0 Å². The van der Waals surface area contributed by atoms with Crippen LogP contribution < -0.4 is 5.32 Å². The SMILES string of the molecule is O=C(NC1CCCCC1CBr)c1cc(Br)ccc1Br. The Labute approximate surface area is 139 Å². The van der Waals surface area contributed by atoms with Gasteiger partial charge in [0.05, 0.1) is 5.56 Å². The van der Waals surface area contributed by atoms with E-state index in [1.165, 1.54) is 19.3 Å². The zero-order chi connectivity index (χ0) is 13.8. The quantitative estimate of drug-likeness (QED) is 0.648. The summed E-state index contributed by atoms with van der Waals surface area (Å²) in [5, 5.41) is 4.14. The Morgan fingerprint density at radius 1 is 1.26 bits per heavy atom. The first kappa shape index (κ1) is 15.5. The van der Waals surface area contributed by atoms with Gasteiger partial charge in [-0.2, -0.15) is 0 Å². The molecule has 2 atom stereocenters. The zero-order valence-corrected chi connectivity index (χ0v) is 15.2. The lowest BCUT2D eigenvalue weighted by Gasteiger charge is -2.31. The number of benzene rings is 1. The first-order valence-corrected chi connectivity index (χ1v) is 9.14. The zero-order valence-electron chi connectivity index (χ0n) is 10.5. The molecule has 0 heterocycles. The molecule has 2 nitrogen and oxygen atoms in total. The van der Waals surface area contributed by atoms with Crippen LogP contribution in [0.4, 0.5) is 0 Å². The molecule has 1 amide bonds. The summed E-state index contributed by atoms with van der Waals surface area (Å²) in [6, 6.07) is 5.95. The van der Waals surface area contributed by atoms with E-state index in [0.717, 1.165) is 20.7 Å². The minimum Gasteiger partial charge on any atom is -0.349 e. The van der Waals surface area contributed by atoms with Crippen molar-refractivity contribution in [2.24, 2.45) is 5.92 Å². The molecule has 19 heavy (non-hydrogen) atoms. The van der Waals surface area contributed by atoms with Gasteiger partial charge in [0.2, 0.25) is 0 Å². The molecule has 0 aliphatic heterocycles. The molecular weight excluding hydrogens is 438 g/mol. The van der Waals surface area contributed by atoms with Crippen molar-refractivity contribution in [3.8, 4) is 0 Å². The third-order valence-corrected chi connectivity index (χ3v) is 5.61. The van der Waals surface area contributed by atoms with Crippen molar-refractivity contribution in [1.29, 1.82) is 0 Å². The van der Waals surface area contributed by atoms with Gasteiger partial charge in [0.1, 0.15) is 0 Å². The summed E-state index contributed by atoms with van der Waals surface area (Å²) in [7, 11) is 0. The van der Waals surface area contributed by atoms with Crippen molar-refractivity contribution < 1.29 is 4.79 Å². The van der Waals surface area contributed by atoms with Gasteiger partial charge in [-0.15, -0.1) is 0 Å². The molecular formula is C14H16Br3NO. The molecule has 104 valence electrons. The molecule has 1 saturated carbocycles. The van der Waals surface area contributed by atoms with Gasteiger partial charge in [0, 0.05) is 20.3 Å². The lowest BCUT2D eigenvalue weighted by atomic mass is 9.86. The Kier molecular flexibility index (Phi) is 5.90. The molecule has 0 aromatic heterocycles. The Morgan fingerprint density at radius 3 is 2.74 bits per heavy atom. The second-order valence-electron chi connectivity index (χ2n) is 4.90. The van der Waals surface area contributed by atoms with Crippen molar-refractivity contribution in [1.82, 2.24) is 5.32 Å². The fourth-order valence-electron chi connectivity index (χ4n) is 2.50. The van der Waals surface area contributed by atoms with Crippen molar-refractivity contribution in [3.05, 3.63) is 32.7 Å². The van der Waals surface area contributed by atoms with E-state index >= 15 is 0 Å². The normalized spacial score (nSPS) is 23.1. The molecule has 0 radical (unpaired) electrons. The molecule has 1 N–H and O–H groups in total. The second kappa shape index (κ2) is 7.23. The van der Waals surface area contributed by atoms with E-state index in [2.05, 4.69) is 53.1 Å². The molecule has 5 heteroatoms. The van der Waals surface area contributed by atoms with Crippen molar-refractivity contribution in [2.45, 2.75) is 31.7 Å². The van der Waals surface area contributed by atoms with Gasteiger partial charge >= 0.3 is 0 Å². The van der Waals surface area contributed by atoms with E-state index in [1.807, 2.05) is 18.2 Å². The van der Waals surface area contributed by atoms with Crippen LogP contribution in [0, 0.1) is 5.92 Å². The maximum absolute atomic E-state index is 12.4. The largest absolute Gasteiger partial charge is 0.349 e. The minimum atomic E-state index is 0.00558. The average Bonchev–Trinajstić information content (AvgIpc) is 2.42. The molecule has 1 aliphatic carbocycles. The average molecular weight is 454 g/mol. The molecule has 2 unspecified atom stereocenters. The Balaban J connectivity index is 2.09. The van der Waals surface area contributed by atoms with Gasteiger partial charge in [-0.25, -0.2) is 0 Å². The lowest BCUT2D eigenvalue weighted by molar-refractivity contribution is 0.0911. The molecule has 1 aromatic rings. The summed E-state index contributed by atoms with van der Waals surface area (Å²) in [6.45, 7) is 0. The monoisotopic (exact) mass is 451 g/mol. The number of hydrogen-bond donors (Lipinski definition) is 1. The Bertz CT molecular complexity index is 464. The third-order valence-electron chi connectivity index (χ3n) is 3.60. The maximum atomic E-state index is 12.4. The number of rotatable bonds is 3. The van der Waals surface area contributed by atoms with Gasteiger partial charge in [-0.05, 0) is 52.9 Å². The molecule has 0 spiro atoms. The van der Waals surface area contributed by atoms with Crippen molar-refractivity contribution in [2.75, 3.05) is 5.33 Å². The molecule has 0 bridgehead atoms. The number of hydrogen-bond acceptors (Lipinski definition) is 1. The standard InChI is InChI=1S/C14H16Br3NO/c15-8-9-3-1-2-4-13(9)18-14(19)11-7-10(16)5-6-12(11)17/h5-7,9,13H,1-4,8H2,(H,18,19). The number of alkyl halides is 1. The summed E-state index contributed by atoms with van der Waals surface area (Å²) in [5.41, 5.74) is 0.688. The predicted octanol–water partition coefficient (Wildman–Crippen LogP) is 4.90.